The highest BCUT2D eigenvalue weighted by atomic mass is 19.3. The van der Waals surface area contributed by atoms with Crippen LogP contribution >= 0.6 is 0 Å². The molecule has 0 aliphatic carbocycles. The Hall–Kier alpha value is -3.89. The van der Waals surface area contributed by atoms with Crippen LogP contribution in [0.25, 0.3) is 11.1 Å². The largest absolute Gasteiger partial charge is 0.435 e. The first-order valence-corrected chi connectivity index (χ1v) is 9.42. The van der Waals surface area contributed by atoms with Crippen molar-refractivity contribution in [2.24, 2.45) is 0 Å². The van der Waals surface area contributed by atoms with Crippen LogP contribution in [0.5, 0.6) is 5.75 Å². The number of fused-ring (bicyclic) bond motifs is 1. The molecule has 1 aromatic heterocycles. The summed E-state index contributed by atoms with van der Waals surface area (Å²) in [5, 5.41) is 2.51. The van der Waals surface area contributed by atoms with Crippen molar-refractivity contribution in [1.82, 2.24) is 9.88 Å². The van der Waals surface area contributed by atoms with Crippen molar-refractivity contribution in [2.75, 3.05) is 36.4 Å². The minimum atomic E-state index is -2.88. The summed E-state index contributed by atoms with van der Waals surface area (Å²) in [4.78, 5) is 42.0. The van der Waals surface area contributed by atoms with Crippen molar-refractivity contribution in [3.63, 3.8) is 0 Å². The van der Waals surface area contributed by atoms with Crippen LogP contribution < -0.4 is 20.7 Å². The van der Waals surface area contributed by atoms with Gasteiger partial charge >= 0.3 is 24.2 Å². The number of aromatic nitrogens is 1. The normalized spacial score (nSPS) is 14.2. The average Bonchev–Trinajstić information content (AvgIpc) is 3.13. The highest BCUT2D eigenvalue weighted by Gasteiger charge is 2.26. The lowest BCUT2D eigenvalue weighted by Crippen LogP contribution is -2.51. The standard InChI is InChI=1S/C20H18F2N4O5/c21-19(22)30-14-4-2-13(3-5-14)25-7-9-26(10-8-25)18(28)17(27)23-12-1-6-15-16(11-12)31-20(29)24-15/h1-6,11,19H,7-10H2,(H,23,27)(H,24,29). The fraction of sp³-hybridized carbons (Fsp3) is 0.250. The van der Waals surface area contributed by atoms with E-state index in [9.17, 15) is 23.2 Å². The molecule has 2 amide bonds. The van der Waals surface area contributed by atoms with Crippen LogP contribution in [0.4, 0.5) is 20.2 Å². The third-order valence-electron chi connectivity index (χ3n) is 4.87. The Kier molecular flexibility index (Phi) is 5.56. The molecule has 1 fully saturated rings. The number of carbonyl (C=O) groups is 2. The van der Waals surface area contributed by atoms with Crippen molar-refractivity contribution < 1.29 is 27.5 Å². The average molecular weight is 432 g/mol. The third-order valence-corrected chi connectivity index (χ3v) is 4.87. The zero-order valence-electron chi connectivity index (χ0n) is 16.1. The van der Waals surface area contributed by atoms with Crippen LogP contribution in [-0.2, 0) is 9.59 Å². The summed E-state index contributed by atoms with van der Waals surface area (Å²) in [5.41, 5.74) is 1.89. The number of nitrogens with one attached hydrogen (secondary N) is 2. The summed E-state index contributed by atoms with van der Waals surface area (Å²) >= 11 is 0. The second-order valence-electron chi connectivity index (χ2n) is 6.83. The number of aromatic amines is 1. The Bertz CT molecular complexity index is 1150. The first kappa shape index (κ1) is 20.4. The van der Waals surface area contributed by atoms with Gasteiger partial charge in [-0.25, -0.2) is 4.79 Å². The van der Waals surface area contributed by atoms with E-state index in [1.165, 1.54) is 23.1 Å². The number of H-pyrrole nitrogens is 1. The van der Waals surface area contributed by atoms with Gasteiger partial charge in [0.05, 0.1) is 5.52 Å². The third kappa shape index (κ3) is 4.65. The molecule has 162 valence electrons. The quantitative estimate of drug-likeness (QED) is 0.611. The molecular weight excluding hydrogens is 414 g/mol. The summed E-state index contributed by atoms with van der Waals surface area (Å²) in [6.45, 7) is -1.26. The zero-order chi connectivity index (χ0) is 22.0. The molecule has 2 aromatic carbocycles. The second kappa shape index (κ2) is 8.46. The van der Waals surface area contributed by atoms with Gasteiger partial charge in [0.15, 0.2) is 5.58 Å². The van der Waals surface area contributed by atoms with Crippen LogP contribution in [0.1, 0.15) is 0 Å². The molecule has 1 aliphatic heterocycles. The number of carbonyl (C=O) groups excluding carboxylic acids is 2. The van der Waals surface area contributed by atoms with Gasteiger partial charge in [0, 0.05) is 43.6 Å². The molecule has 1 saturated heterocycles. The molecule has 0 unspecified atom stereocenters. The molecule has 4 rings (SSSR count). The highest BCUT2D eigenvalue weighted by molar-refractivity contribution is 6.39. The second-order valence-corrected chi connectivity index (χ2v) is 6.83. The van der Waals surface area contributed by atoms with Gasteiger partial charge in [-0.3, -0.25) is 14.6 Å². The molecule has 2 N–H and O–H groups in total. The molecule has 0 atom stereocenters. The van der Waals surface area contributed by atoms with Crippen LogP contribution in [0.3, 0.4) is 0 Å². The van der Waals surface area contributed by atoms with Crippen molar-refractivity contribution in [3.8, 4) is 5.75 Å². The van der Waals surface area contributed by atoms with Gasteiger partial charge in [0.2, 0.25) is 0 Å². The summed E-state index contributed by atoms with van der Waals surface area (Å²) in [7, 11) is 0. The van der Waals surface area contributed by atoms with E-state index in [-0.39, 0.29) is 11.3 Å². The number of piperazine rings is 1. The molecule has 1 aliphatic rings. The van der Waals surface area contributed by atoms with E-state index in [1.54, 1.807) is 24.3 Å². The molecule has 0 radical (unpaired) electrons. The minimum absolute atomic E-state index is 0.0707. The van der Waals surface area contributed by atoms with Gasteiger partial charge in [0.1, 0.15) is 5.75 Å². The molecule has 9 nitrogen and oxygen atoms in total. The molecule has 0 saturated carbocycles. The molecule has 0 spiro atoms. The van der Waals surface area contributed by atoms with E-state index in [0.29, 0.717) is 37.4 Å². The summed E-state index contributed by atoms with van der Waals surface area (Å²) in [6, 6.07) is 10.8. The Balaban J connectivity index is 1.32. The van der Waals surface area contributed by atoms with E-state index < -0.39 is 24.2 Å². The number of halogens is 2. The predicted molar refractivity (Wildman–Crippen MR) is 107 cm³/mol. The van der Waals surface area contributed by atoms with E-state index in [0.717, 1.165) is 5.69 Å². The van der Waals surface area contributed by atoms with E-state index in [1.807, 2.05) is 4.90 Å². The van der Waals surface area contributed by atoms with E-state index in [2.05, 4.69) is 15.0 Å². The van der Waals surface area contributed by atoms with Gasteiger partial charge in [-0.1, -0.05) is 0 Å². The molecular formula is C20H18F2N4O5. The van der Waals surface area contributed by atoms with Gasteiger partial charge < -0.3 is 24.3 Å². The van der Waals surface area contributed by atoms with Crippen LogP contribution in [0.2, 0.25) is 0 Å². The van der Waals surface area contributed by atoms with E-state index >= 15 is 0 Å². The number of amides is 2. The maximum Gasteiger partial charge on any atom is 0.417 e. The number of benzene rings is 2. The molecule has 31 heavy (non-hydrogen) atoms. The van der Waals surface area contributed by atoms with Gasteiger partial charge in [0.25, 0.3) is 0 Å². The van der Waals surface area contributed by atoms with Crippen LogP contribution in [0.15, 0.2) is 51.7 Å². The molecule has 3 aromatic rings. The maximum atomic E-state index is 12.5. The number of ether oxygens (including phenoxy) is 1. The molecule has 11 heteroatoms. The Morgan fingerprint density at radius 2 is 1.77 bits per heavy atom. The summed E-state index contributed by atoms with van der Waals surface area (Å²) in [5.74, 6) is -2.00. The lowest BCUT2D eigenvalue weighted by Gasteiger charge is -2.35. The topological polar surface area (TPSA) is 108 Å². The number of anilines is 2. The molecule has 2 heterocycles. The number of nitrogens with zero attached hydrogens (tertiary/aromatic N) is 2. The number of hydrogen-bond donors (Lipinski definition) is 2. The fourth-order valence-electron chi connectivity index (χ4n) is 3.36. The van der Waals surface area contributed by atoms with Crippen LogP contribution in [-0.4, -0.2) is 54.5 Å². The Labute approximate surface area is 174 Å². The van der Waals surface area contributed by atoms with Crippen LogP contribution in [0, 0.1) is 0 Å². The number of oxazole rings is 1. The minimum Gasteiger partial charge on any atom is -0.435 e. The number of rotatable bonds is 4. The van der Waals surface area contributed by atoms with Gasteiger partial charge in [-0.15, -0.1) is 0 Å². The van der Waals surface area contributed by atoms with Crippen molar-refractivity contribution >= 4 is 34.3 Å². The first-order chi connectivity index (χ1) is 14.9. The van der Waals surface area contributed by atoms with E-state index in [4.69, 9.17) is 4.42 Å². The smallest absolute Gasteiger partial charge is 0.417 e. The lowest BCUT2D eigenvalue weighted by molar-refractivity contribution is -0.143. The Morgan fingerprint density at radius 3 is 2.45 bits per heavy atom. The van der Waals surface area contributed by atoms with Crippen molar-refractivity contribution in [1.29, 1.82) is 0 Å². The predicted octanol–water partition coefficient (Wildman–Crippen LogP) is 2.01. The highest BCUT2D eigenvalue weighted by Crippen LogP contribution is 2.22. The number of alkyl halides is 2. The van der Waals surface area contributed by atoms with Gasteiger partial charge in [-0.2, -0.15) is 8.78 Å². The van der Waals surface area contributed by atoms with Crippen molar-refractivity contribution in [3.05, 3.63) is 53.0 Å². The number of hydrogen-bond acceptors (Lipinski definition) is 6. The lowest BCUT2D eigenvalue weighted by atomic mass is 10.2. The fourth-order valence-corrected chi connectivity index (χ4v) is 3.36. The summed E-state index contributed by atoms with van der Waals surface area (Å²) < 4.78 is 33.8. The zero-order valence-corrected chi connectivity index (χ0v) is 16.1. The summed E-state index contributed by atoms with van der Waals surface area (Å²) in [6.07, 6.45) is 0. The molecule has 0 bridgehead atoms. The first-order valence-electron chi connectivity index (χ1n) is 9.42. The Morgan fingerprint density at radius 1 is 1.06 bits per heavy atom. The van der Waals surface area contributed by atoms with Crippen molar-refractivity contribution in [2.45, 2.75) is 6.61 Å². The SMILES string of the molecule is O=C(Nc1ccc2[nH]c(=O)oc2c1)C(=O)N1CCN(c2ccc(OC(F)F)cc2)CC1. The monoisotopic (exact) mass is 432 g/mol. The maximum absolute atomic E-state index is 12.5. The van der Waals surface area contributed by atoms with Gasteiger partial charge in [-0.05, 0) is 36.4 Å².